The molecule has 0 radical (unpaired) electrons. The molecule has 0 N–H and O–H groups in total. The van der Waals surface area contributed by atoms with Gasteiger partial charge >= 0.3 is 5.97 Å². The number of alkyl halides is 2. The minimum atomic E-state index is -0.250. The van der Waals surface area contributed by atoms with E-state index in [1.54, 1.807) is 24.3 Å². The number of benzene rings is 1. The number of hydrogen-bond acceptors (Lipinski definition) is 4. The maximum atomic E-state index is 13.1. The molecule has 5 nitrogen and oxygen atoms in total. The third-order valence-corrected chi connectivity index (χ3v) is 9.75. The second-order valence-corrected chi connectivity index (χ2v) is 10.4. The Bertz CT molecular complexity index is 780. The van der Waals surface area contributed by atoms with E-state index in [1.165, 1.54) is 4.90 Å². The van der Waals surface area contributed by atoms with Crippen molar-refractivity contribution in [2.45, 2.75) is 55.1 Å². The van der Waals surface area contributed by atoms with Gasteiger partial charge in [0.05, 0.1) is 17.5 Å². The largest absolute Gasteiger partial charge is 0.427 e. The number of anilines is 1. The van der Waals surface area contributed by atoms with Crippen molar-refractivity contribution in [1.82, 2.24) is 0 Å². The van der Waals surface area contributed by atoms with Crippen molar-refractivity contribution in [3.63, 3.8) is 0 Å². The molecule has 1 aromatic carbocycles. The van der Waals surface area contributed by atoms with Crippen molar-refractivity contribution in [2.75, 3.05) is 4.90 Å². The SMILES string of the molecule is CCCCCCC(=O)Oc1ccc(N2C(=O)[C@H]3[C@@H]4C[C@@H]([C@@H](Br)[C@H]4Br)[C@@H]3C2=O)cc1. The fraction of sp³-hybridized carbons (Fsp3) is 0.591. The van der Waals surface area contributed by atoms with Crippen LogP contribution >= 0.6 is 31.9 Å². The Kier molecular flexibility index (Phi) is 6.17. The first-order chi connectivity index (χ1) is 13.9. The van der Waals surface area contributed by atoms with Crippen molar-refractivity contribution < 1.29 is 19.1 Å². The molecule has 1 aliphatic heterocycles. The molecule has 0 aromatic heterocycles. The highest BCUT2D eigenvalue weighted by atomic mass is 79.9. The van der Waals surface area contributed by atoms with Crippen LogP contribution in [0.15, 0.2) is 24.3 Å². The zero-order valence-corrected chi connectivity index (χ0v) is 19.5. The van der Waals surface area contributed by atoms with Crippen LogP contribution in [-0.4, -0.2) is 27.4 Å². The van der Waals surface area contributed by atoms with E-state index in [4.69, 9.17) is 4.74 Å². The van der Waals surface area contributed by atoms with E-state index in [1.807, 2.05) is 0 Å². The lowest BCUT2D eigenvalue weighted by atomic mass is 9.81. The van der Waals surface area contributed by atoms with Crippen LogP contribution in [0.3, 0.4) is 0 Å². The molecule has 2 aliphatic carbocycles. The molecule has 0 unspecified atom stereocenters. The summed E-state index contributed by atoms with van der Waals surface area (Å²) in [5.74, 6) is -0.0752. The second kappa shape index (κ2) is 8.50. The number of amides is 2. The Morgan fingerprint density at radius 2 is 1.59 bits per heavy atom. The van der Waals surface area contributed by atoms with E-state index >= 15 is 0 Å². The van der Waals surface area contributed by atoms with E-state index in [2.05, 4.69) is 38.8 Å². The molecule has 2 bridgehead atoms. The number of fused-ring (bicyclic) bond motifs is 5. The van der Waals surface area contributed by atoms with Gasteiger partial charge in [-0.1, -0.05) is 58.0 Å². The van der Waals surface area contributed by atoms with Gasteiger partial charge < -0.3 is 4.74 Å². The molecule has 1 saturated heterocycles. The van der Waals surface area contributed by atoms with Gasteiger partial charge in [0.2, 0.25) is 11.8 Å². The van der Waals surface area contributed by atoms with Crippen LogP contribution in [0.5, 0.6) is 5.75 Å². The quantitative estimate of drug-likeness (QED) is 0.167. The smallest absolute Gasteiger partial charge is 0.311 e. The van der Waals surface area contributed by atoms with Gasteiger partial charge in [0, 0.05) is 16.1 Å². The highest BCUT2D eigenvalue weighted by Crippen LogP contribution is 2.60. The van der Waals surface area contributed by atoms with Crippen LogP contribution < -0.4 is 9.64 Å². The molecule has 29 heavy (non-hydrogen) atoms. The standard InChI is InChI=1S/C22H25Br2NO4/c1-2-3-4-5-6-16(26)29-13-9-7-12(8-10-13)25-21(27)17-14-11-15(18(17)22(25)28)20(24)19(14)23/h7-10,14-15,17-20H,2-6,11H2,1H3/t14-,15+,17-,18-,19-,20+/m0/s1. The number of esters is 1. The lowest BCUT2D eigenvalue weighted by Crippen LogP contribution is -2.37. The second-order valence-electron chi connectivity index (χ2n) is 8.29. The Balaban J connectivity index is 1.42. The molecule has 3 aliphatic rings. The number of nitrogens with zero attached hydrogens (tertiary/aromatic N) is 1. The van der Waals surface area contributed by atoms with E-state index in [0.29, 0.717) is 17.9 Å². The molecule has 2 saturated carbocycles. The average Bonchev–Trinajstić information content (AvgIpc) is 3.31. The Hall–Kier alpha value is -1.21. The van der Waals surface area contributed by atoms with Crippen molar-refractivity contribution in [1.29, 1.82) is 0 Å². The average molecular weight is 527 g/mol. The van der Waals surface area contributed by atoms with Gasteiger partial charge in [-0.15, -0.1) is 0 Å². The fourth-order valence-corrected chi connectivity index (χ4v) is 7.02. The molecule has 4 rings (SSSR count). The van der Waals surface area contributed by atoms with E-state index in [9.17, 15) is 14.4 Å². The highest BCUT2D eigenvalue weighted by Gasteiger charge is 2.66. The lowest BCUT2D eigenvalue weighted by molar-refractivity contribution is -0.134. The van der Waals surface area contributed by atoms with Gasteiger partial charge in [-0.3, -0.25) is 19.3 Å². The third-order valence-electron chi connectivity index (χ3n) is 6.55. The minimum Gasteiger partial charge on any atom is -0.427 e. The molecule has 7 heteroatoms. The number of ether oxygens (including phenoxy) is 1. The van der Waals surface area contributed by atoms with Crippen LogP contribution in [0.4, 0.5) is 5.69 Å². The van der Waals surface area contributed by atoms with Gasteiger partial charge in [-0.2, -0.15) is 0 Å². The molecular weight excluding hydrogens is 502 g/mol. The molecular formula is C22H25Br2NO4. The number of hydrogen-bond donors (Lipinski definition) is 0. The van der Waals surface area contributed by atoms with Crippen molar-refractivity contribution >= 4 is 55.3 Å². The molecule has 156 valence electrons. The number of carbonyl (C=O) groups is 3. The van der Waals surface area contributed by atoms with Gasteiger partial charge in [-0.05, 0) is 48.9 Å². The van der Waals surface area contributed by atoms with Crippen LogP contribution in [0.1, 0.15) is 45.4 Å². The van der Waals surface area contributed by atoms with Crippen molar-refractivity contribution in [2.24, 2.45) is 23.7 Å². The molecule has 2 amide bonds. The summed E-state index contributed by atoms with van der Waals surface area (Å²) >= 11 is 7.40. The highest BCUT2D eigenvalue weighted by molar-refractivity contribution is 9.12. The number of unbranched alkanes of at least 4 members (excludes halogenated alkanes) is 3. The van der Waals surface area contributed by atoms with Crippen LogP contribution in [0, 0.1) is 23.7 Å². The summed E-state index contributed by atoms with van der Waals surface area (Å²) in [7, 11) is 0. The maximum absolute atomic E-state index is 13.1. The molecule has 6 atom stereocenters. The zero-order valence-electron chi connectivity index (χ0n) is 16.4. The lowest BCUT2D eigenvalue weighted by Gasteiger charge is -2.28. The Labute approximate surface area is 187 Å². The van der Waals surface area contributed by atoms with Gasteiger partial charge in [-0.25, -0.2) is 0 Å². The molecule has 3 fully saturated rings. The minimum absolute atomic E-state index is 0.1000. The fourth-order valence-electron chi connectivity index (χ4n) is 5.15. The summed E-state index contributed by atoms with van der Waals surface area (Å²) in [5, 5.41) is 0. The molecule has 1 aromatic rings. The van der Waals surface area contributed by atoms with E-state index in [0.717, 1.165) is 32.1 Å². The van der Waals surface area contributed by atoms with E-state index in [-0.39, 0.29) is 51.1 Å². The normalized spacial score (nSPS) is 32.7. The van der Waals surface area contributed by atoms with Crippen LogP contribution in [-0.2, 0) is 14.4 Å². The third kappa shape index (κ3) is 3.69. The number of rotatable bonds is 7. The summed E-state index contributed by atoms with van der Waals surface area (Å²) in [4.78, 5) is 39.8. The first-order valence-electron chi connectivity index (χ1n) is 10.4. The first kappa shape index (κ1) is 21.0. The van der Waals surface area contributed by atoms with Crippen LogP contribution in [0.2, 0.25) is 0 Å². The molecule has 0 spiro atoms. The summed E-state index contributed by atoms with van der Waals surface area (Å²) in [6.07, 6.45) is 5.42. The summed E-state index contributed by atoms with van der Waals surface area (Å²) < 4.78 is 5.37. The van der Waals surface area contributed by atoms with Crippen molar-refractivity contribution in [3.8, 4) is 5.75 Å². The predicted molar refractivity (Wildman–Crippen MR) is 117 cm³/mol. The zero-order chi connectivity index (χ0) is 20.7. The summed E-state index contributed by atoms with van der Waals surface area (Å²) in [5.41, 5.74) is 0.550. The maximum Gasteiger partial charge on any atom is 0.311 e. The van der Waals surface area contributed by atoms with Crippen LogP contribution in [0.25, 0.3) is 0 Å². The topological polar surface area (TPSA) is 63.7 Å². The Morgan fingerprint density at radius 1 is 1.00 bits per heavy atom. The van der Waals surface area contributed by atoms with Gasteiger partial charge in [0.1, 0.15) is 5.75 Å². The number of halogens is 2. The number of carbonyl (C=O) groups excluding carboxylic acids is 3. The van der Waals surface area contributed by atoms with Gasteiger partial charge in [0.15, 0.2) is 0 Å². The predicted octanol–water partition coefficient (Wildman–Crippen LogP) is 4.84. The van der Waals surface area contributed by atoms with Gasteiger partial charge in [0.25, 0.3) is 0 Å². The summed E-state index contributed by atoms with van der Waals surface area (Å²) in [6, 6.07) is 6.69. The Morgan fingerprint density at radius 3 is 2.14 bits per heavy atom. The summed E-state index contributed by atoms with van der Waals surface area (Å²) in [6.45, 7) is 2.13. The number of imide groups is 1. The molecule has 1 heterocycles. The van der Waals surface area contributed by atoms with E-state index < -0.39 is 0 Å². The van der Waals surface area contributed by atoms with Crippen molar-refractivity contribution in [3.05, 3.63) is 24.3 Å². The first-order valence-corrected chi connectivity index (χ1v) is 12.2. The monoisotopic (exact) mass is 525 g/mol.